The molecule has 3 saturated carbocycles. The van der Waals surface area contributed by atoms with E-state index in [0.717, 1.165) is 56.9 Å². The lowest BCUT2D eigenvalue weighted by Crippen LogP contribution is -2.60. The van der Waals surface area contributed by atoms with Gasteiger partial charge in [-0.25, -0.2) is 4.79 Å². The van der Waals surface area contributed by atoms with E-state index in [-0.39, 0.29) is 28.5 Å². The first-order valence-electron chi connectivity index (χ1n) is 11.0. The van der Waals surface area contributed by atoms with Crippen LogP contribution in [0.1, 0.15) is 76.7 Å². The average molecular weight is 385 g/mol. The lowest BCUT2D eigenvalue weighted by atomic mass is 9.45. The molecule has 1 aromatic heterocycles. The minimum atomic E-state index is -0.665. The smallest absolute Gasteiger partial charge is 0.335 e. The van der Waals surface area contributed by atoms with E-state index in [4.69, 9.17) is 4.42 Å². The van der Waals surface area contributed by atoms with Gasteiger partial charge in [-0.1, -0.05) is 25.5 Å². The van der Waals surface area contributed by atoms with E-state index in [9.17, 15) is 15.0 Å². The lowest BCUT2D eigenvalue weighted by Gasteiger charge is -2.61. The van der Waals surface area contributed by atoms with Crippen LogP contribution in [0.3, 0.4) is 0 Å². The van der Waals surface area contributed by atoms with Crippen LogP contribution in [0.15, 0.2) is 39.3 Å². The summed E-state index contributed by atoms with van der Waals surface area (Å²) < 4.78 is 5.16. The highest BCUT2D eigenvalue weighted by Gasteiger charge is 2.66. The Morgan fingerprint density at radius 1 is 1.04 bits per heavy atom. The third-order valence-corrected chi connectivity index (χ3v) is 9.40. The zero-order valence-corrected chi connectivity index (χ0v) is 17.0. The third kappa shape index (κ3) is 2.34. The number of rotatable bonds is 1. The van der Waals surface area contributed by atoms with Crippen molar-refractivity contribution in [1.29, 1.82) is 0 Å². The Morgan fingerprint density at radius 3 is 2.61 bits per heavy atom. The SMILES string of the molecule is C[C@]12CC[C@@H](O)C=C1CC[C@@H]1[C@@H]2CC[C@]2(C)[C@H](c3ccc(=O)oc3)CC[C@@]12O. The molecule has 0 aromatic carbocycles. The number of aliphatic hydroxyl groups is 2. The summed E-state index contributed by atoms with van der Waals surface area (Å²) in [4.78, 5) is 11.4. The highest BCUT2D eigenvalue weighted by atomic mass is 16.4. The highest BCUT2D eigenvalue weighted by Crippen LogP contribution is 2.70. The van der Waals surface area contributed by atoms with Crippen molar-refractivity contribution >= 4 is 0 Å². The predicted octanol–water partition coefficient (Wildman–Crippen LogP) is 4.16. The number of hydrogen-bond donors (Lipinski definition) is 2. The van der Waals surface area contributed by atoms with Crippen LogP contribution in [-0.2, 0) is 0 Å². The number of allylic oxidation sites excluding steroid dienone is 1. The summed E-state index contributed by atoms with van der Waals surface area (Å²) in [5.74, 6) is 1.04. The maximum absolute atomic E-state index is 12.1. The van der Waals surface area contributed by atoms with Crippen molar-refractivity contribution in [1.82, 2.24) is 0 Å². The third-order valence-electron chi connectivity index (χ3n) is 9.40. The second kappa shape index (κ2) is 6.06. The van der Waals surface area contributed by atoms with Crippen LogP contribution in [-0.4, -0.2) is 21.9 Å². The van der Waals surface area contributed by atoms with Gasteiger partial charge in [0.1, 0.15) is 0 Å². The second-order valence-electron chi connectivity index (χ2n) is 10.3. The molecule has 7 atom stereocenters. The van der Waals surface area contributed by atoms with E-state index in [2.05, 4.69) is 19.9 Å². The van der Waals surface area contributed by atoms with Gasteiger partial charge in [-0.2, -0.15) is 0 Å². The summed E-state index contributed by atoms with van der Waals surface area (Å²) in [6.07, 6.45) is 11.2. The molecule has 3 fully saturated rings. The van der Waals surface area contributed by atoms with Crippen LogP contribution in [0.2, 0.25) is 0 Å². The van der Waals surface area contributed by atoms with Gasteiger partial charge < -0.3 is 14.6 Å². The van der Waals surface area contributed by atoms with Crippen LogP contribution in [0, 0.1) is 22.7 Å². The van der Waals surface area contributed by atoms with Crippen molar-refractivity contribution in [2.45, 2.75) is 82.8 Å². The number of hydrogen-bond acceptors (Lipinski definition) is 4. The Morgan fingerprint density at radius 2 is 1.86 bits per heavy atom. The van der Waals surface area contributed by atoms with Gasteiger partial charge in [0.15, 0.2) is 0 Å². The molecule has 4 nitrogen and oxygen atoms in total. The molecule has 4 aliphatic rings. The Bertz CT molecular complexity index is 851. The monoisotopic (exact) mass is 384 g/mol. The minimum absolute atomic E-state index is 0.122. The zero-order valence-electron chi connectivity index (χ0n) is 17.0. The summed E-state index contributed by atoms with van der Waals surface area (Å²) in [5, 5.41) is 22.3. The molecule has 0 unspecified atom stereocenters. The average Bonchev–Trinajstić information content (AvgIpc) is 2.95. The molecule has 1 aromatic rings. The molecule has 152 valence electrons. The molecule has 5 rings (SSSR count). The van der Waals surface area contributed by atoms with Crippen LogP contribution in [0.25, 0.3) is 0 Å². The fourth-order valence-electron chi connectivity index (χ4n) is 7.78. The van der Waals surface area contributed by atoms with Crippen molar-refractivity contribution in [2.24, 2.45) is 22.7 Å². The van der Waals surface area contributed by atoms with Crippen molar-refractivity contribution in [3.8, 4) is 0 Å². The summed E-state index contributed by atoms with van der Waals surface area (Å²) >= 11 is 0. The Kier molecular flexibility index (Phi) is 4.03. The molecule has 0 spiro atoms. The quantitative estimate of drug-likeness (QED) is 0.713. The van der Waals surface area contributed by atoms with Crippen LogP contribution in [0.4, 0.5) is 0 Å². The van der Waals surface area contributed by atoms with Gasteiger partial charge in [0.05, 0.1) is 18.0 Å². The maximum Gasteiger partial charge on any atom is 0.335 e. The first-order chi connectivity index (χ1) is 13.3. The Balaban J connectivity index is 1.51. The second-order valence-corrected chi connectivity index (χ2v) is 10.3. The first-order valence-corrected chi connectivity index (χ1v) is 11.0. The van der Waals surface area contributed by atoms with Gasteiger partial charge in [-0.3, -0.25) is 0 Å². The van der Waals surface area contributed by atoms with E-state index in [1.54, 1.807) is 6.26 Å². The van der Waals surface area contributed by atoms with Crippen LogP contribution < -0.4 is 5.63 Å². The molecular weight excluding hydrogens is 352 g/mol. The fraction of sp³-hybridized carbons (Fsp3) is 0.708. The Hall–Kier alpha value is -1.39. The lowest BCUT2D eigenvalue weighted by molar-refractivity contribution is -0.178. The largest absolute Gasteiger partial charge is 0.431 e. The van der Waals surface area contributed by atoms with Gasteiger partial charge >= 0.3 is 5.63 Å². The van der Waals surface area contributed by atoms with Crippen LogP contribution in [0.5, 0.6) is 0 Å². The number of aliphatic hydroxyl groups excluding tert-OH is 1. The van der Waals surface area contributed by atoms with Crippen molar-refractivity contribution in [2.75, 3.05) is 0 Å². The zero-order chi connectivity index (χ0) is 19.7. The highest BCUT2D eigenvalue weighted by molar-refractivity contribution is 5.31. The molecule has 0 aliphatic heterocycles. The van der Waals surface area contributed by atoms with E-state index in [1.165, 1.54) is 11.6 Å². The standard InChI is InChI=1S/C24H32O4/c1-22-10-7-17(25)13-16(22)4-5-20-19(22)8-11-23(2)18(9-12-24(20,23)27)15-3-6-21(26)28-14-15/h3,6,13-14,17-20,25,27H,4-5,7-12H2,1-2H3/t17-,18+,19+,20-,22+,23-,24-/m1/s1. The van der Waals surface area contributed by atoms with Crippen molar-refractivity contribution < 1.29 is 14.6 Å². The molecule has 2 N–H and O–H groups in total. The van der Waals surface area contributed by atoms with Crippen molar-refractivity contribution in [3.05, 3.63) is 46.0 Å². The molecule has 1 heterocycles. The molecular formula is C24H32O4. The van der Waals surface area contributed by atoms with Gasteiger partial charge in [0.25, 0.3) is 0 Å². The molecule has 4 heteroatoms. The van der Waals surface area contributed by atoms with Gasteiger partial charge in [0.2, 0.25) is 0 Å². The van der Waals surface area contributed by atoms with Gasteiger partial charge in [-0.05, 0) is 86.2 Å². The molecule has 0 radical (unpaired) electrons. The van der Waals surface area contributed by atoms with E-state index >= 15 is 0 Å². The fourth-order valence-corrected chi connectivity index (χ4v) is 7.78. The predicted molar refractivity (Wildman–Crippen MR) is 107 cm³/mol. The topological polar surface area (TPSA) is 70.7 Å². The van der Waals surface area contributed by atoms with Gasteiger partial charge in [0, 0.05) is 11.5 Å². The normalized spacial score (nSPS) is 47.6. The molecule has 0 saturated heterocycles. The summed E-state index contributed by atoms with van der Waals surface area (Å²) in [6, 6.07) is 3.40. The van der Waals surface area contributed by atoms with E-state index in [1.807, 2.05) is 6.07 Å². The minimum Gasteiger partial charge on any atom is -0.431 e. The molecule has 0 bridgehead atoms. The first kappa shape index (κ1) is 18.6. The number of fused-ring (bicyclic) bond motifs is 5. The molecule has 28 heavy (non-hydrogen) atoms. The van der Waals surface area contributed by atoms with Crippen molar-refractivity contribution in [3.63, 3.8) is 0 Å². The summed E-state index contributed by atoms with van der Waals surface area (Å²) in [5.41, 5.74) is 1.45. The van der Waals surface area contributed by atoms with Crippen LogP contribution >= 0.6 is 0 Å². The molecule has 4 aliphatic carbocycles. The van der Waals surface area contributed by atoms with E-state index in [0.29, 0.717) is 11.8 Å². The maximum atomic E-state index is 12.1. The van der Waals surface area contributed by atoms with E-state index < -0.39 is 5.60 Å². The Labute approximate surface area is 166 Å². The van der Waals surface area contributed by atoms with Gasteiger partial charge in [-0.15, -0.1) is 0 Å². The summed E-state index contributed by atoms with van der Waals surface area (Å²) in [6.45, 7) is 4.65. The molecule has 0 amide bonds. The summed E-state index contributed by atoms with van der Waals surface area (Å²) in [7, 11) is 0.